The highest BCUT2D eigenvalue weighted by molar-refractivity contribution is 5.63. The second-order valence-electron chi connectivity index (χ2n) is 8.20. The molecular formula is C24H26F2N6O2. The third kappa shape index (κ3) is 4.81. The Morgan fingerprint density at radius 3 is 2.53 bits per heavy atom. The summed E-state index contributed by atoms with van der Waals surface area (Å²) in [5, 5.41) is 19.2. The molecule has 4 rings (SSSR count). The minimum atomic E-state index is -0.965. The van der Waals surface area contributed by atoms with Crippen LogP contribution in [-0.2, 0) is 6.54 Å². The lowest BCUT2D eigenvalue weighted by Crippen LogP contribution is -2.41. The molecule has 0 amide bonds. The molecule has 0 aliphatic carbocycles. The zero-order valence-electron chi connectivity index (χ0n) is 19.2. The van der Waals surface area contributed by atoms with Gasteiger partial charge in [-0.05, 0) is 25.0 Å². The number of likely N-dealkylation sites (N-methyl/N-ethyl adjacent to an activating group) is 1. The lowest BCUT2D eigenvalue weighted by molar-refractivity contribution is 0.0401. The molecule has 0 aliphatic rings. The van der Waals surface area contributed by atoms with E-state index in [9.17, 15) is 13.9 Å². The van der Waals surface area contributed by atoms with Crippen LogP contribution in [0, 0.1) is 11.6 Å². The molecule has 34 heavy (non-hydrogen) atoms. The Morgan fingerprint density at radius 1 is 1.09 bits per heavy atom. The fourth-order valence-corrected chi connectivity index (χ4v) is 3.72. The molecule has 10 heteroatoms. The molecule has 0 radical (unpaired) electrons. The second kappa shape index (κ2) is 9.68. The maximum atomic E-state index is 14.6. The van der Waals surface area contributed by atoms with E-state index in [1.165, 1.54) is 12.3 Å². The summed E-state index contributed by atoms with van der Waals surface area (Å²) in [6.45, 7) is 4.11. The van der Waals surface area contributed by atoms with Gasteiger partial charge in [0.2, 0.25) is 0 Å². The van der Waals surface area contributed by atoms with E-state index >= 15 is 0 Å². The molecule has 4 aromatic rings. The summed E-state index contributed by atoms with van der Waals surface area (Å²) in [6, 6.07) is 9.79. The Hall–Kier alpha value is -3.66. The quantitative estimate of drug-likeness (QED) is 0.391. The van der Waals surface area contributed by atoms with Crippen LogP contribution in [0.3, 0.4) is 0 Å². The number of halogens is 2. The minimum Gasteiger partial charge on any atom is -0.388 e. The van der Waals surface area contributed by atoms with Gasteiger partial charge < -0.3 is 14.5 Å². The lowest BCUT2D eigenvalue weighted by atomic mass is 9.97. The zero-order valence-corrected chi connectivity index (χ0v) is 19.2. The van der Waals surface area contributed by atoms with Crippen LogP contribution < -0.4 is 4.90 Å². The van der Waals surface area contributed by atoms with Gasteiger partial charge in [0.25, 0.3) is 0 Å². The molecule has 0 bridgehead atoms. The summed E-state index contributed by atoms with van der Waals surface area (Å²) < 4.78 is 35.5. The molecule has 0 fully saturated rings. The highest BCUT2D eigenvalue weighted by Crippen LogP contribution is 2.27. The smallest absolute Gasteiger partial charge is 0.183 e. The normalized spacial score (nSPS) is 11.7. The van der Waals surface area contributed by atoms with Gasteiger partial charge in [-0.25, -0.2) is 18.7 Å². The molecule has 0 spiro atoms. The minimum absolute atomic E-state index is 0.0527. The topological polar surface area (TPSA) is 93.1 Å². The van der Waals surface area contributed by atoms with Gasteiger partial charge in [-0.2, -0.15) is 5.10 Å². The van der Waals surface area contributed by atoms with Gasteiger partial charge in [-0.15, -0.1) is 0 Å². The van der Waals surface area contributed by atoms with Crippen molar-refractivity contribution < 1.29 is 18.4 Å². The Kier molecular flexibility index (Phi) is 6.69. The summed E-state index contributed by atoms with van der Waals surface area (Å²) in [5.74, 6) is -0.718. The first-order chi connectivity index (χ1) is 16.3. The zero-order chi connectivity index (χ0) is 24.3. The predicted octanol–water partition coefficient (Wildman–Crippen LogP) is 4.31. The van der Waals surface area contributed by atoms with Crippen molar-refractivity contribution in [3.63, 3.8) is 0 Å². The number of hydrogen-bond acceptors (Lipinski definition) is 7. The Labute approximate surface area is 195 Å². The van der Waals surface area contributed by atoms with Crippen LogP contribution in [0.2, 0.25) is 0 Å². The van der Waals surface area contributed by atoms with Crippen LogP contribution >= 0.6 is 0 Å². The largest absolute Gasteiger partial charge is 0.388 e. The summed E-state index contributed by atoms with van der Waals surface area (Å²) in [7, 11) is 1.67. The molecule has 0 atom stereocenters. The van der Waals surface area contributed by atoms with Crippen LogP contribution in [-0.4, -0.2) is 49.2 Å². The molecule has 1 N–H and O–H groups in total. The Bertz CT molecular complexity index is 1250. The van der Waals surface area contributed by atoms with E-state index in [4.69, 9.17) is 4.52 Å². The van der Waals surface area contributed by atoms with E-state index in [1.54, 1.807) is 47.0 Å². The van der Waals surface area contributed by atoms with Crippen molar-refractivity contribution in [2.75, 3.05) is 18.5 Å². The molecule has 0 aliphatic heterocycles. The fraction of sp³-hybridized carbons (Fsp3) is 0.333. The molecular weight excluding hydrogens is 442 g/mol. The number of anilines is 1. The van der Waals surface area contributed by atoms with E-state index in [-0.39, 0.29) is 30.5 Å². The molecule has 1 aromatic carbocycles. The number of rotatable bonds is 9. The molecule has 3 aromatic heterocycles. The predicted molar refractivity (Wildman–Crippen MR) is 123 cm³/mol. The monoisotopic (exact) mass is 468 g/mol. The molecule has 0 saturated carbocycles. The van der Waals surface area contributed by atoms with Crippen molar-refractivity contribution in [2.24, 2.45) is 0 Å². The van der Waals surface area contributed by atoms with E-state index in [1.807, 2.05) is 13.8 Å². The van der Waals surface area contributed by atoms with Crippen LogP contribution in [0.5, 0.6) is 0 Å². The van der Waals surface area contributed by atoms with Crippen LogP contribution in [0.15, 0.2) is 53.4 Å². The van der Waals surface area contributed by atoms with Gasteiger partial charge in [-0.3, -0.25) is 4.68 Å². The van der Waals surface area contributed by atoms with Crippen molar-refractivity contribution in [3.8, 4) is 22.9 Å². The fourth-order valence-electron chi connectivity index (χ4n) is 3.72. The second-order valence-corrected chi connectivity index (χ2v) is 8.20. The van der Waals surface area contributed by atoms with Gasteiger partial charge in [0.15, 0.2) is 17.5 Å². The Balaban J connectivity index is 1.72. The van der Waals surface area contributed by atoms with E-state index < -0.39 is 11.4 Å². The van der Waals surface area contributed by atoms with Crippen LogP contribution in [0.4, 0.5) is 14.6 Å². The third-order valence-electron chi connectivity index (χ3n) is 5.92. The number of nitrogens with zero attached hydrogens (tertiary/aromatic N) is 6. The van der Waals surface area contributed by atoms with Gasteiger partial charge in [0.05, 0.1) is 24.0 Å². The van der Waals surface area contributed by atoms with E-state index in [0.29, 0.717) is 35.5 Å². The maximum absolute atomic E-state index is 14.6. The molecule has 0 unspecified atom stereocenters. The van der Waals surface area contributed by atoms with Crippen molar-refractivity contribution in [1.29, 1.82) is 0 Å². The summed E-state index contributed by atoms with van der Waals surface area (Å²) in [6.07, 6.45) is 3.56. The average molecular weight is 469 g/mol. The van der Waals surface area contributed by atoms with Crippen molar-refractivity contribution in [2.45, 2.75) is 38.8 Å². The van der Waals surface area contributed by atoms with Crippen molar-refractivity contribution >= 4 is 5.82 Å². The van der Waals surface area contributed by atoms with Gasteiger partial charge in [-0.1, -0.05) is 37.2 Å². The standard InChI is InChI=1S/C24H26F2N6O2/c1-4-24(33,5-2)15-31(3)23-18(26)13-27-22(28-23)20-12-21(19-10-11-34-30-19)32(29-20)14-16-8-6-7-9-17(16)25/h6-13,33H,4-5,14-15H2,1-3H3. The highest BCUT2D eigenvalue weighted by Gasteiger charge is 2.27. The number of benzene rings is 1. The molecule has 8 nitrogen and oxygen atoms in total. The molecule has 178 valence electrons. The summed E-state index contributed by atoms with van der Waals surface area (Å²) in [4.78, 5) is 10.1. The SMILES string of the molecule is CCC(O)(CC)CN(C)c1nc(-c2cc(-c3ccon3)n(Cc3ccccc3F)n2)ncc1F. The lowest BCUT2D eigenvalue weighted by Gasteiger charge is -2.31. The van der Waals surface area contributed by atoms with Gasteiger partial charge in [0.1, 0.15) is 23.5 Å². The first-order valence-electron chi connectivity index (χ1n) is 11.0. The summed E-state index contributed by atoms with van der Waals surface area (Å²) >= 11 is 0. The van der Waals surface area contributed by atoms with Crippen LogP contribution in [0.1, 0.15) is 32.3 Å². The van der Waals surface area contributed by atoms with Gasteiger partial charge in [0, 0.05) is 25.2 Å². The van der Waals surface area contributed by atoms with E-state index in [2.05, 4.69) is 20.2 Å². The third-order valence-corrected chi connectivity index (χ3v) is 5.92. The first-order valence-corrected chi connectivity index (χ1v) is 11.0. The number of aliphatic hydroxyl groups is 1. The highest BCUT2D eigenvalue weighted by atomic mass is 19.1. The number of hydrogen-bond donors (Lipinski definition) is 1. The van der Waals surface area contributed by atoms with Crippen molar-refractivity contribution in [3.05, 3.63) is 66.1 Å². The van der Waals surface area contributed by atoms with Crippen molar-refractivity contribution in [1.82, 2.24) is 24.9 Å². The van der Waals surface area contributed by atoms with Gasteiger partial charge >= 0.3 is 0 Å². The molecule has 3 heterocycles. The number of aromatic nitrogens is 5. The molecule has 0 saturated heterocycles. The maximum Gasteiger partial charge on any atom is 0.183 e. The summed E-state index contributed by atoms with van der Waals surface area (Å²) in [5.41, 5.74) is 0.922. The van der Waals surface area contributed by atoms with E-state index in [0.717, 1.165) is 6.20 Å². The Morgan fingerprint density at radius 2 is 1.85 bits per heavy atom. The first kappa shape index (κ1) is 23.5. The van der Waals surface area contributed by atoms with Crippen LogP contribution in [0.25, 0.3) is 22.9 Å². The average Bonchev–Trinajstić information content (AvgIpc) is 3.51.